The zero-order valence-electron chi connectivity index (χ0n) is 14.4. The lowest BCUT2D eigenvalue weighted by atomic mass is 9.99. The molecule has 0 aromatic heterocycles. The molecule has 2 atom stereocenters. The number of alkyl halides is 1. The Morgan fingerprint density at radius 2 is 1.85 bits per heavy atom. The molecule has 26 heavy (non-hydrogen) atoms. The summed E-state index contributed by atoms with van der Waals surface area (Å²) in [5.41, 5.74) is 5.40. The van der Waals surface area contributed by atoms with E-state index in [9.17, 15) is 13.5 Å². The van der Waals surface area contributed by atoms with Crippen molar-refractivity contribution in [3.05, 3.63) is 69.2 Å². The van der Waals surface area contributed by atoms with Crippen molar-refractivity contribution < 1.29 is 13.5 Å². The summed E-state index contributed by atoms with van der Waals surface area (Å²) in [6, 6.07) is 11.9. The van der Waals surface area contributed by atoms with Gasteiger partial charge in [-0.15, -0.1) is 0 Å². The third kappa shape index (κ3) is 4.78. The Labute approximate surface area is 173 Å². The Bertz CT molecular complexity index is 915. The Morgan fingerprint density at radius 3 is 2.54 bits per heavy atom. The van der Waals surface area contributed by atoms with Gasteiger partial charge in [-0.25, -0.2) is 13.1 Å². The van der Waals surface area contributed by atoms with Crippen LogP contribution in [0.15, 0.2) is 36.4 Å². The van der Waals surface area contributed by atoms with Crippen LogP contribution in [0.2, 0.25) is 5.02 Å². The highest BCUT2D eigenvalue weighted by Crippen LogP contribution is 2.26. The van der Waals surface area contributed by atoms with Crippen LogP contribution in [-0.2, 0) is 35.9 Å². The van der Waals surface area contributed by atoms with Crippen molar-refractivity contribution in [1.82, 2.24) is 4.72 Å². The van der Waals surface area contributed by atoms with Gasteiger partial charge in [-0.05, 0) is 66.1 Å². The highest BCUT2D eigenvalue weighted by Gasteiger charge is 2.27. The van der Waals surface area contributed by atoms with Crippen LogP contribution < -0.4 is 4.72 Å². The molecule has 140 valence electrons. The molecule has 0 saturated heterocycles. The van der Waals surface area contributed by atoms with Crippen LogP contribution in [0.3, 0.4) is 0 Å². The number of sulfonamides is 1. The van der Waals surface area contributed by atoms with Crippen LogP contribution in [0.1, 0.15) is 34.7 Å². The van der Waals surface area contributed by atoms with E-state index in [4.69, 9.17) is 11.6 Å². The van der Waals surface area contributed by atoms with Crippen LogP contribution in [0.25, 0.3) is 0 Å². The van der Waals surface area contributed by atoms with E-state index in [1.807, 2.05) is 34.7 Å². The van der Waals surface area contributed by atoms with Crippen molar-refractivity contribution in [1.29, 1.82) is 0 Å². The minimum atomic E-state index is -3.27. The fourth-order valence-corrected chi connectivity index (χ4v) is 4.88. The highest BCUT2D eigenvalue weighted by atomic mass is 127. The smallest absolute Gasteiger partial charge is 0.223 e. The molecule has 0 saturated carbocycles. The van der Waals surface area contributed by atoms with E-state index < -0.39 is 13.3 Å². The molecule has 4 nitrogen and oxygen atoms in total. The van der Waals surface area contributed by atoms with Gasteiger partial charge in [0.05, 0.1) is 6.61 Å². The summed E-state index contributed by atoms with van der Waals surface area (Å²) >= 11 is 8.04. The van der Waals surface area contributed by atoms with Crippen molar-refractivity contribution in [3.8, 4) is 0 Å². The van der Waals surface area contributed by atoms with Gasteiger partial charge >= 0.3 is 0 Å². The fourth-order valence-electron chi connectivity index (χ4n) is 3.34. The van der Waals surface area contributed by atoms with Gasteiger partial charge in [-0.3, -0.25) is 0 Å². The maximum Gasteiger partial charge on any atom is 0.223 e. The molecule has 2 aromatic rings. The standard InChI is InChI=1S/C19H21ClINO3S/c1-12(21)26(24,25)22-19-9-16-3-2-13(6-17(16)10-19)4-14-5-15(11-23)8-18(20)7-14/h2-3,5-8,12,19,22-23H,4,9-11H2,1H3/t12?,19-/m0/s1. The first-order valence-electron chi connectivity index (χ1n) is 8.42. The van der Waals surface area contributed by atoms with Crippen LogP contribution in [0.4, 0.5) is 0 Å². The van der Waals surface area contributed by atoms with Crippen molar-refractivity contribution >= 4 is 44.2 Å². The molecule has 0 aliphatic heterocycles. The zero-order valence-corrected chi connectivity index (χ0v) is 18.1. The van der Waals surface area contributed by atoms with Crippen molar-refractivity contribution in [2.24, 2.45) is 0 Å². The summed E-state index contributed by atoms with van der Waals surface area (Å²) in [6.45, 7) is 1.64. The minimum absolute atomic E-state index is 0.0329. The van der Waals surface area contributed by atoms with Gasteiger partial charge in [-0.1, -0.05) is 58.5 Å². The highest BCUT2D eigenvalue weighted by molar-refractivity contribution is 14.1. The predicted molar refractivity (Wildman–Crippen MR) is 113 cm³/mol. The van der Waals surface area contributed by atoms with E-state index in [-0.39, 0.29) is 12.6 Å². The third-order valence-corrected chi connectivity index (χ3v) is 8.31. The van der Waals surface area contributed by atoms with Gasteiger partial charge in [-0.2, -0.15) is 0 Å². The molecule has 2 aromatic carbocycles. The first kappa shape index (κ1) is 20.1. The topological polar surface area (TPSA) is 66.4 Å². The minimum Gasteiger partial charge on any atom is -0.392 e. The number of rotatable bonds is 6. The molecule has 2 N–H and O–H groups in total. The summed E-state index contributed by atoms with van der Waals surface area (Å²) in [5.74, 6) is 0. The maximum atomic E-state index is 12.1. The average molecular weight is 506 g/mol. The largest absolute Gasteiger partial charge is 0.392 e. The average Bonchev–Trinajstić information content (AvgIpc) is 2.94. The molecule has 0 amide bonds. The van der Waals surface area contributed by atoms with E-state index in [1.54, 1.807) is 13.0 Å². The molecule has 0 spiro atoms. The summed E-state index contributed by atoms with van der Waals surface area (Å²) in [7, 11) is -3.27. The number of benzene rings is 2. The normalized spacial score (nSPS) is 17.9. The first-order chi connectivity index (χ1) is 12.3. The van der Waals surface area contributed by atoms with Crippen LogP contribution in [-0.4, -0.2) is 22.8 Å². The van der Waals surface area contributed by atoms with Gasteiger partial charge in [0, 0.05) is 11.1 Å². The molecular weight excluding hydrogens is 485 g/mol. The predicted octanol–water partition coefficient (Wildman–Crippen LogP) is 3.59. The molecule has 0 bridgehead atoms. The lowest BCUT2D eigenvalue weighted by Crippen LogP contribution is -2.38. The maximum absolute atomic E-state index is 12.1. The van der Waals surface area contributed by atoms with Gasteiger partial charge in [0.15, 0.2) is 0 Å². The molecule has 0 heterocycles. The molecular formula is C19H21ClINO3S. The van der Waals surface area contributed by atoms with E-state index in [0.717, 1.165) is 29.5 Å². The second-order valence-corrected chi connectivity index (χ2v) is 11.9. The molecule has 0 fully saturated rings. The monoisotopic (exact) mass is 505 g/mol. The summed E-state index contributed by atoms with van der Waals surface area (Å²) in [4.78, 5) is 0. The lowest BCUT2D eigenvalue weighted by Gasteiger charge is -2.13. The number of aliphatic hydroxyl groups excluding tert-OH is 1. The second-order valence-electron chi connectivity index (χ2n) is 6.72. The number of nitrogens with one attached hydrogen (secondary N) is 1. The quantitative estimate of drug-likeness (QED) is 0.466. The second kappa shape index (κ2) is 8.14. The van der Waals surface area contributed by atoms with E-state index in [0.29, 0.717) is 11.4 Å². The molecule has 1 aliphatic rings. The molecule has 3 rings (SSSR count). The Morgan fingerprint density at radius 1 is 1.15 bits per heavy atom. The van der Waals surface area contributed by atoms with E-state index in [1.165, 1.54) is 11.1 Å². The lowest BCUT2D eigenvalue weighted by molar-refractivity contribution is 0.282. The SMILES string of the molecule is CC(I)S(=O)(=O)N[C@H]1Cc2ccc(Cc3cc(Cl)cc(CO)c3)cc2C1. The Balaban J connectivity index is 1.74. The van der Waals surface area contributed by atoms with Gasteiger partial charge < -0.3 is 5.11 Å². The number of aliphatic hydroxyl groups is 1. The van der Waals surface area contributed by atoms with E-state index >= 15 is 0 Å². The van der Waals surface area contributed by atoms with Crippen molar-refractivity contribution in [2.45, 2.75) is 42.1 Å². The van der Waals surface area contributed by atoms with E-state index in [2.05, 4.69) is 22.9 Å². The fraction of sp³-hybridized carbons (Fsp3) is 0.368. The summed E-state index contributed by atoms with van der Waals surface area (Å²) in [6.07, 6.45) is 2.16. The summed E-state index contributed by atoms with van der Waals surface area (Å²) in [5, 5.41) is 9.95. The molecule has 1 aliphatic carbocycles. The van der Waals surface area contributed by atoms with Crippen molar-refractivity contribution in [2.75, 3.05) is 0 Å². The van der Waals surface area contributed by atoms with Crippen LogP contribution in [0, 0.1) is 0 Å². The first-order valence-corrected chi connectivity index (χ1v) is 11.6. The third-order valence-electron chi connectivity index (χ3n) is 4.57. The number of fused-ring (bicyclic) bond motifs is 1. The number of hydrogen-bond donors (Lipinski definition) is 2. The zero-order chi connectivity index (χ0) is 18.9. The Kier molecular flexibility index (Phi) is 6.29. The number of hydrogen-bond acceptors (Lipinski definition) is 3. The summed E-state index contributed by atoms with van der Waals surface area (Å²) < 4.78 is 26.5. The van der Waals surface area contributed by atoms with Gasteiger partial charge in [0.25, 0.3) is 0 Å². The van der Waals surface area contributed by atoms with Crippen LogP contribution in [0.5, 0.6) is 0 Å². The number of halogens is 2. The van der Waals surface area contributed by atoms with Crippen molar-refractivity contribution in [3.63, 3.8) is 0 Å². The molecule has 1 unspecified atom stereocenters. The Hall–Kier alpha value is -0.670. The van der Waals surface area contributed by atoms with Crippen LogP contribution >= 0.6 is 34.2 Å². The molecule has 0 radical (unpaired) electrons. The van der Waals surface area contributed by atoms with Gasteiger partial charge in [0.2, 0.25) is 10.0 Å². The van der Waals surface area contributed by atoms with Gasteiger partial charge in [0.1, 0.15) is 3.26 Å². The molecule has 7 heteroatoms.